The fraction of sp³-hybridized carbons (Fsp3) is 1.00. The van der Waals surface area contributed by atoms with Crippen LogP contribution < -0.4 is 0 Å². The van der Waals surface area contributed by atoms with Crippen LogP contribution in [0.25, 0.3) is 0 Å². The molecule has 2 nitrogen and oxygen atoms in total. The summed E-state index contributed by atoms with van der Waals surface area (Å²) in [5, 5.41) is 8.48. The van der Waals surface area contributed by atoms with Gasteiger partial charge in [0.1, 0.15) is 0 Å². The lowest BCUT2D eigenvalue weighted by Crippen LogP contribution is -2.58. The van der Waals surface area contributed by atoms with Crippen LogP contribution in [0.3, 0.4) is 0 Å². The maximum absolute atomic E-state index is 6.11. The summed E-state index contributed by atoms with van der Waals surface area (Å²) in [6.45, 7) is 4.23. The van der Waals surface area contributed by atoms with Crippen molar-refractivity contribution in [2.24, 2.45) is 16.1 Å². The Kier molecular flexibility index (Phi) is 1.89. The first-order valence-electron chi connectivity index (χ1n) is 4.30. The maximum atomic E-state index is 6.11. The van der Waals surface area contributed by atoms with Gasteiger partial charge in [0.15, 0.2) is 0 Å². The van der Waals surface area contributed by atoms with Crippen LogP contribution in [0.5, 0.6) is 0 Å². The van der Waals surface area contributed by atoms with Crippen molar-refractivity contribution in [3.8, 4) is 0 Å². The van der Waals surface area contributed by atoms with Crippen LogP contribution in [-0.4, -0.2) is 22.3 Å². The van der Waals surface area contributed by atoms with Gasteiger partial charge in [-0.15, -0.1) is 23.2 Å². The van der Waals surface area contributed by atoms with Crippen molar-refractivity contribution < 1.29 is 0 Å². The Balaban J connectivity index is 2.21. The lowest BCUT2D eigenvalue weighted by atomic mass is 9.68. The van der Waals surface area contributed by atoms with E-state index in [1.165, 1.54) is 0 Å². The molecule has 0 amide bonds. The highest BCUT2D eigenvalue weighted by Gasteiger charge is 2.60. The lowest BCUT2D eigenvalue weighted by Gasteiger charge is -2.44. The first kappa shape index (κ1) is 8.76. The summed E-state index contributed by atoms with van der Waals surface area (Å²) in [6.07, 6.45) is 0.991. The number of azo groups is 1. The number of rotatable bonds is 1. The zero-order valence-electron chi connectivity index (χ0n) is 7.17. The van der Waals surface area contributed by atoms with Gasteiger partial charge in [0.2, 0.25) is 0 Å². The number of hydrogen-bond acceptors (Lipinski definition) is 2. The largest absolute Gasteiger partial charge is 0.188 e. The van der Waals surface area contributed by atoms with E-state index in [0.717, 1.165) is 6.42 Å². The molecule has 0 radical (unpaired) electrons. The number of halogens is 2. The summed E-state index contributed by atoms with van der Waals surface area (Å²) < 4.78 is 0. The average Bonchev–Trinajstić information content (AvgIpc) is 2.40. The maximum Gasteiger partial charge on any atom is 0.0952 e. The lowest BCUT2D eigenvalue weighted by molar-refractivity contribution is 0.203. The molecule has 5 atom stereocenters. The quantitative estimate of drug-likeness (QED) is 0.590. The molecule has 2 aliphatic rings. The molecular weight excluding hydrogens is 195 g/mol. The van der Waals surface area contributed by atoms with Crippen molar-refractivity contribution in [3.63, 3.8) is 0 Å². The highest BCUT2D eigenvalue weighted by Crippen LogP contribution is 2.52. The van der Waals surface area contributed by atoms with Crippen molar-refractivity contribution >= 4 is 23.2 Å². The van der Waals surface area contributed by atoms with Crippen LogP contribution in [0, 0.1) is 5.92 Å². The molecule has 0 bridgehead atoms. The molecule has 1 aliphatic carbocycles. The van der Waals surface area contributed by atoms with E-state index in [0.29, 0.717) is 5.92 Å². The Morgan fingerprint density at radius 3 is 2.58 bits per heavy atom. The highest BCUT2D eigenvalue weighted by molar-refractivity contribution is 6.32. The van der Waals surface area contributed by atoms with Crippen molar-refractivity contribution in [2.75, 3.05) is 0 Å². The van der Waals surface area contributed by atoms with E-state index in [-0.39, 0.29) is 22.3 Å². The van der Waals surface area contributed by atoms with Gasteiger partial charge in [-0.05, 0) is 13.3 Å². The van der Waals surface area contributed by atoms with E-state index < -0.39 is 0 Å². The van der Waals surface area contributed by atoms with Crippen molar-refractivity contribution in [3.05, 3.63) is 0 Å². The minimum absolute atomic E-state index is 0.00575. The van der Waals surface area contributed by atoms with Crippen LogP contribution in [0.15, 0.2) is 10.2 Å². The van der Waals surface area contributed by atoms with E-state index >= 15 is 0 Å². The average molecular weight is 207 g/mol. The van der Waals surface area contributed by atoms with Gasteiger partial charge in [-0.1, -0.05) is 6.92 Å². The van der Waals surface area contributed by atoms with Gasteiger partial charge in [0, 0.05) is 5.92 Å². The zero-order chi connectivity index (χ0) is 8.93. The Labute approximate surface area is 82.3 Å². The molecule has 1 unspecified atom stereocenters. The molecule has 0 aromatic rings. The smallest absolute Gasteiger partial charge is 0.0952 e. The third kappa shape index (κ3) is 0.882. The van der Waals surface area contributed by atoms with E-state index in [9.17, 15) is 0 Å². The molecule has 12 heavy (non-hydrogen) atoms. The molecule has 0 aromatic carbocycles. The molecule has 0 N–H and O–H groups in total. The van der Waals surface area contributed by atoms with Gasteiger partial charge in [-0.2, -0.15) is 10.2 Å². The zero-order valence-corrected chi connectivity index (χ0v) is 8.68. The number of fused-ring (bicyclic) bond motifs is 1. The molecule has 0 aromatic heterocycles. The molecule has 1 saturated carbocycles. The van der Waals surface area contributed by atoms with Gasteiger partial charge >= 0.3 is 0 Å². The second-order valence-corrected chi connectivity index (χ2v) is 4.84. The van der Waals surface area contributed by atoms with Gasteiger partial charge in [-0.25, -0.2) is 0 Å². The Hall–Kier alpha value is 0.180. The van der Waals surface area contributed by atoms with Crippen molar-refractivity contribution in [1.29, 1.82) is 0 Å². The van der Waals surface area contributed by atoms with Gasteiger partial charge < -0.3 is 0 Å². The number of alkyl halides is 2. The van der Waals surface area contributed by atoms with E-state index in [2.05, 4.69) is 24.1 Å². The fourth-order valence-corrected chi connectivity index (χ4v) is 2.98. The SMILES string of the molecule is CCC1(C)N=N[C@@H]2[C@@H](Cl)[C@@H](Cl)[C@@H]21. The standard InChI is InChI=1S/C8H12Cl2N2/c1-3-8(2)4-5(9)6(10)7(4)11-12-8/h4-7H,3H2,1-2H3/t4-,5-,6-,7-,8?/m0/s1. The van der Waals surface area contributed by atoms with Crippen LogP contribution in [0.1, 0.15) is 20.3 Å². The summed E-state index contributed by atoms with van der Waals surface area (Å²) in [5.74, 6) is 0.367. The number of hydrogen-bond donors (Lipinski definition) is 0. The van der Waals surface area contributed by atoms with Crippen LogP contribution in [0.2, 0.25) is 0 Å². The monoisotopic (exact) mass is 206 g/mol. The summed E-state index contributed by atoms with van der Waals surface area (Å²) in [6, 6.07) is 0.180. The van der Waals surface area contributed by atoms with E-state index in [1.54, 1.807) is 0 Å². The van der Waals surface area contributed by atoms with Gasteiger partial charge in [0.25, 0.3) is 0 Å². The fourth-order valence-electron chi connectivity index (χ4n) is 2.05. The first-order chi connectivity index (χ1) is 5.60. The summed E-state index contributed by atoms with van der Waals surface area (Å²) in [5.41, 5.74) is -0.0531. The third-order valence-corrected chi connectivity index (χ3v) is 4.40. The molecular formula is C8H12Cl2N2. The Morgan fingerprint density at radius 1 is 1.33 bits per heavy atom. The molecule has 1 fully saturated rings. The number of nitrogens with zero attached hydrogens (tertiary/aromatic N) is 2. The van der Waals surface area contributed by atoms with Crippen LogP contribution in [0.4, 0.5) is 0 Å². The molecule has 68 valence electrons. The molecule has 2 rings (SSSR count). The molecule has 1 aliphatic heterocycles. The van der Waals surface area contributed by atoms with Crippen LogP contribution in [-0.2, 0) is 0 Å². The third-order valence-electron chi connectivity index (χ3n) is 3.19. The molecule has 4 heteroatoms. The first-order valence-corrected chi connectivity index (χ1v) is 5.17. The summed E-state index contributed by atoms with van der Waals surface area (Å²) in [4.78, 5) is 0. The van der Waals surface area contributed by atoms with Crippen molar-refractivity contribution in [1.82, 2.24) is 0 Å². The summed E-state index contributed by atoms with van der Waals surface area (Å²) in [7, 11) is 0. The minimum atomic E-state index is -0.0531. The Bertz CT molecular complexity index is 231. The van der Waals surface area contributed by atoms with Crippen molar-refractivity contribution in [2.45, 2.75) is 42.6 Å². The predicted octanol–water partition coefficient (Wildman–Crippen LogP) is 2.83. The van der Waals surface area contributed by atoms with Gasteiger partial charge in [-0.3, -0.25) is 0 Å². The molecule has 1 heterocycles. The normalized spacial score (nSPS) is 56.7. The van der Waals surface area contributed by atoms with Gasteiger partial charge in [0.05, 0.1) is 22.3 Å². The van der Waals surface area contributed by atoms with Crippen LogP contribution >= 0.6 is 23.2 Å². The Morgan fingerprint density at radius 2 is 2.00 bits per heavy atom. The predicted molar refractivity (Wildman–Crippen MR) is 50.1 cm³/mol. The minimum Gasteiger partial charge on any atom is -0.188 e. The second-order valence-electron chi connectivity index (χ2n) is 3.83. The molecule has 0 spiro atoms. The second kappa shape index (κ2) is 2.58. The topological polar surface area (TPSA) is 24.7 Å². The summed E-state index contributed by atoms with van der Waals surface area (Å²) >= 11 is 12.1. The van der Waals surface area contributed by atoms with E-state index in [4.69, 9.17) is 23.2 Å². The molecule has 0 saturated heterocycles. The highest BCUT2D eigenvalue weighted by atomic mass is 35.5. The van der Waals surface area contributed by atoms with E-state index in [1.807, 2.05) is 0 Å².